The predicted octanol–water partition coefficient (Wildman–Crippen LogP) is 1.02. The summed E-state index contributed by atoms with van der Waals surface area (Å²) in [7, 11) is 0. The summed E-state index contributed by atoms with van der Waals surface area (Å²) in [6, 6.07) is -0.144. The molecule has 1 saturated heterocycles. The molecule has 0 N–H and O–H groups in total. The molecule has 2 amide bonds. The van der Waals surface area contributed by atoms with Gasteiger partial charge in [-0.25, -0.2) is 4.79 Å². The molecule has 7 heteroatoms. The van der Waals surface area contributed by atoms with Gasteiger partial charge in [0.05, 0.1) is 0 Å². The first-order valence-corrected chi connectivity index (χ1v) is 7.01. The van der Waals surface area contributed by atoms with Crippen LogP contribution in [0.3, 0.4) is 0 Å². The van der Waals surface area contributed by atoms with Crippen molar-refractivity contribution in [3.05, 3.63) is 0 Å². The van der Waals surface area contributed by atoms with E-state index in [1.807, 2.05) is 27.7 Å². The predicted molar refractivity (Wildman–Crippen MR) is 75.6 cm³/mol. The number of nitrogens with zero attached hydrogens (tertiary/aromatic N) is 2. The zero-order valence-electron chi connectivity index (χ0n) is 13.3. The number of ether oxygens (including phenoxy) is 2. The maximum Gasteiger partial charge on any atom is 0.410 e. The van der Waals surface area contributed by atoms with Crippen LogP contribution < -0.4 is 0 Å². The number of carbonyl (C=O) groups is 3. The Morgan fingerprint density at radius 3 is 2.29 bits per heavy atom. The summed E-state index contributed by atoms with van der Waals surface area (Å²) in [5, 5.41) is 0. The third-order valence-electron chi connectivity index (χ3n) is 3.01. The summed E-state index contributed by atoms with van der Waals surface area (Å²) in [6.45, 7) is 9.52. The SMILES string of the molecule is CC(=O)OCC(=O)N1CCN(C(=O)OC(C)(C)C)C(C)C1. The van der Waals surface area contributed by atoms with Crippen LogP contribution in [0, 0.1) is 0 Å². The monoisotopic (exact) mass is 300 g/mol. The minimum absolute atomic E-state index is 0.144. The molecule has 0 aromatic carbocycles. The van der Waals surface area contributed by atoms with Crippen molar-refractivity contribution in [2.75, 3.05) is 26.2 Å². The number of carbonyl (C=O) groups excluding carboxylic acids is 3. The highest BCUT2D eigenvalue weighted by molar-refractivity contribution is 5.80. The average molecular weight is 300 g/mol. The summed E-state index contributed by atoms with van der Waals surface area (Å²) in [5.74, 6) is -0.732. The third-order valence-corrected chi connectivity index (χ3v) is 3.01. The summed E-state index contributed by atoms with van der Waals surface area (Å²) in [5.41, 5.74) is -0.543. The lowest BCUT2D eigenvalue weighted by Crippen LogP contribution is -2.56. The molecular weight excluding hydrogens is 276 g/mol. The van der Waals surface area contributed by atoms with Crippen molar-refractivity contribution in [3.8, 4) is 0 Å². The normalized spacial score (nSPS) is 19.2. The van der Waals surface area contributed by atoms with E-state index in [-0.39, 0.29) is 24.6 Å². The zero-order valence-corrected chi connectivity index (χ0v) is 13.3. The topological polar surface area (TPSA) is 76.2 Å². The molecule has 0 aromatic heterocycles. The molecule has 1 fully saturated rings. The second kappa shape index (κ2) is 6.78. The highest BCUT2D eigenvalue weighted by atomic mass is 16.6. The molecule has 0 bridgehead atoms. The lowest BCUT2D eigenvalue weighted by molar-refractivity contribution is -0.151. The van der Waals surface area contributed by atoms with Crippen LogP contribution in [0.2, 0.25) is 0 Å². The molecule has 0 aliphatic carbocycles. The van der Waals surface area contributed by atoms with Gasteiger partial charge < -0.3 is 19.3 Å². The van der Waals surface area contributed by atoms with Crippen LogP contribution in [-0.2, 0) is 19.1 Å². The van der Waals surface area contributed by atoms with Gasteiger partial charge in [-0.3, -0.25) is 9.59 Å². The average Bonchev–Trinajstić information content (AvgIpc) is 2.33. The Balaban J connectivity index is 2.52. The van der Waals surface area contributed by atoms with Crippen LogP contribution in [0.5, 0.6) is 0 Å². The first kappa shape index (κ1) is 17.3. The van der Waals surface area contributed by atoms with E-state index in [0.717, 1.165) is 0 Å². The molecule has 0 aromatic rings. The Labute approximate surface area is 125 Å². The van der Waals surface area contributed by atoms with Crippen molar-refractivity contribution < 1.29 is 23.9 Å². The molecule has 0 spiro atoms. The molecule has 1 aliphatic heterocycles. The fraction of sp³-hybridized carbons (Fsp3) is 0.786. The molecule has 21 heavy (non-hydrogen) atoms. The van der Waals surface area contributed by atoms with Gasteiger partial charge in [0, 0.05) is 32.6 Å². The van der Waals surface area contributed by atoms with E-state index >= 15 is 0 Å². The molecule has 1 unspecified atom stereocenters. The lowest BCUT2D eigenvalue weighted by atomic mass is 10.2. The Kier molecular flexibility index (Phi) is 5.57. The van der Waals surface area contributed by atoms with Gasteiger partial charge in [0.1, 0.15) is 5.60 Å². The molecule has 120 valence electrons. The molecule has 1 aliphatic rings. The third kappa shape index (κ3) is 5.61. The van der Waals surface area contributed by atoms with Crippen molar-refractivity contribution in [2.45, 2.75) is 46.3 Å². The maximum absolute atomic E-state index is 12.0. The van der Waals surface area contributed by atoms with Crippen molar-refractivity contribution in [1.82, 2.24) is 9.80 Å². The number of hydrogen-bond acceptors (Lipinski definition) is 5. The van der Waals surface area contributed by atoms with Gasteiger partial charge in [-0.2, -0.15) is 0 Å². The van der Waals surface area contributed by atoms with E-state index in [1.165, 1.54) is 6.92 Å². The Hall–Kier alpha value is -1.79. The van der Waals surface area contributed by atoms with Crippen LogP contribution >= 0.6 is 0 Å². The molecule has 0 radical (unpaired) electrons. The van der Waals surface area contributed by atoms with Gasteiger partial charge in [0.2, 0.25) is 0 Å². The minimum Gasteiger partial charge on any atom is -0.456 e. The van der Waals surface area contributed by atoms with E-state index in [4.69, 9.17) is 9.47 Å². The minimum atomic E-state index is -0.543. The van der Waals surface area contributed by atoms with Crippen LogP contribution in [0.15, 0.2) is 0 Å². The number of piperazine rings is 1. The quantitative estimate of drug-likeness (QED) is 0.712. The highest BCUT2D eigenvalue weighted by Gasteiger charge is 2.32. The van der Waals surface area contributed by atoms with Gasteiger partial charge in [-0.05, 0) is 27.7 Å². The van der Waals surface area contributed by atoms with Crippen LogP contribution in [0.25, 0.3) is 0 Å². The largest absolute Gasteiger partial charge is 0.456 e. The summed E-state index contributed by atoms with van der Waals surface area (Å²) >= 11 is 0. The van der Waals surface area contributed by atoms with Gasteiger partial charge >= 0.3 is 12.1 Å². The molecule has 0 saturated carbocycles. The lowest BCUT2D eigenvalue weighted by Gasteiger charge is -2.40. The number of esters is 1. The first-order valence-electron chi connectivity index (χ1n) is 7.01. The highest BCUT2D eigenvalue weighted by Crippen LogP contribution is 2.15. The number of rotatable bonds is 2. The van der Waals surface area contributed by atoms with Gasteiger partial charge in [0.15, 0.2) is 6.61 Å². The second-order valence-electron chi connectivity index (χ2n) is 6.14. The van der Waals surface area contributed by atoms with E-state index in [9.17, 15) is 14.4 Å². The standard InChI is InChI=1S/C14H24N2O5/c1-10-8-15(12(18)9-20-11(2)17)6-7-16(10)13(19)21-14(3,4)5/h10H,6-9H2,1-5H3. The van der Waals surface area contributed by atoms with Crippen LogP contribution in [0.4, 0.5) is 4.79 Å². The van der Waals surface area contributed by atoms with Gasteiger partial charge in [-0.15, -0.1) is 0 Å². The Bertz CT molecular complexity index is 416. The van der Waals surface area contributed by atoms with E-state index in [0.29, 0.717) is 19.6 Å². The molecular formula is C14H24N2O5. The van der Waals surface area contributed by atoms with E-state index in [1.54, 1.807) is 9.80 Å². The fourth-order valence-electron chi connectivity index (χ4n) is 2.03. The zero-order chi connectivity index (χ0) is 16.2. The number of hydrogen-bond donors (Lipinski definition) is 0. The Morgan fingerprint density at radius 1 is 1.19 bits per heavy atom. The van der Waals surface area contributed by atoms with Gasteiger partial charge in [-0.1, -0.05) is 0 Å². The van der Waals surface area contributed by atoms with Crippen LogP contribution in [-0.4, -0.2) is 65.7 Å². The second-order valence-corrected chi connectivity index (χ2v) is 6.14. The van der Waals surface area contributed by atoms with Crippen molar-refractivity contribution >= 4 is 18.0 Å². The summed E-state index contributed by atoms with van der Waals surface area (Å²) < 4.78 is 10.0. The van der Waals surface area contributed by atoms with Crippen LogP contribution in [0.1, 0.15) is 34.6 Å². The molecule has 1 heterocycles. The van der Waals surface area contributed by atoms with Crippen molar-refractivity contribution in [1.29, 1.82) is 0 Å². The van der Waals surface area contributed by atoms with Crippen molar-refractivity contribution in [3.63, 3.8) is 0 Å². The fourth-order valence-corrected chi connectivity index (χ4v) is 2.03. The number of amides is 2. The van der Waals surface area contributed by atoms with Gasteiger partial charge in [0.25, 0.3) is 5.91 Å². The van der Waals surface area contributed by atoms with Crippen molar-refractivity contribution in [2.24, 2.45) is 0 Å². The molecule has 7 nitrogen and oxygen atoms in total. The van der Waals surface area contributed by atoms with E-state index < -0.39 is 11.6 Å². The summed E-state index contributed by atoms with van der Waals surface area (Å²) in [4.78, 5) is 37.8. The molecule has 1 rings (SSSR count). The smallest absolute Gasteiger partial charge is 0.410 e. The maximum atomic E-state index is 12.0. The first-order chi connectivity index (χ1) is 9.60. The summed E-state index contributed by atoms with van der Waals surface area (Å²) in [6.07, 6.45) is -0.373. The molecule has 1 atom stereocenters. The Morgan fingerprint density at radius 2 is 1.81 bits per heavy atom. The van der Waals surface area contributed by atoms with E-state index in [2.05, 4.69) is 0 Å².